The average molecular weight is 498 g/mol. The Kier molecular flexibility index (Phi) is 6.73. The maximum atomic E-state index is 12.3. The second-order valence-corrected chi connectivity index (χ2v) is 8.74. The smallest absolute Gasteiger partial charge is 0.250 e. The van der Waals surface area contributed by atoms with Gasteiger partial charge in [-0.2, -0.15) is 0 Å². The Bertz CT molecular complexity index is 1190. The number of thioether (sulfide) groups is 1. The van der Waals surface area contributed by atoms with Crippen LogP contribution in [0.15, 0.2) is 93.2 Å². The molecule has 0 saturated carbocycles. The van der Waals surface area contributed by atoms with Crippen molar-refractivity contribution in [1.82, 2.24) is 20.0 Å². The van der Waals surface area contributed by atoms with Crippen molar-refractivity contribution in [1.29, 1.82) is 0 Å². The van der Waals surface area contributed by atoms with Gasteiger partial charge in [0.15, 0.2) is 5.16 Å². The Morgan fingerprint density at radius 3 is 2.53 bits per heavy atom. The lowest BCUT2D eigenvalue weighted by molar-refractivity contribution is -0.118. The van der Waals surface area contributed by atoms with E-state index in [0.717, 1.165) is 21.4 Å². The molecule has 1 amide bonds. The first kappa shape index (κ1) is 20.5. The van der Waals surface area contributed by atoms with Crippen molar-refractivity contribution in [2.24, 2.45) is 5.10 Å². The molecule has 0 aliphatic rings. The summed E-state index contributed by atoms with van der Waals surface area (Å²) in [6, 6.07) is 19.8. The number of nitrogens with one attached hydrogen (secondary N) is 1. The van der Waals surface area contributed by atoms with E-state index in [1.54, 1.807) is 18.5 Å². The van der Waals surface area contributed by atoms with Gasteiger partial charge >= 0.3 is 0 Å². The molecule has 0 atom stereocenters. The lowest BCUT2D eigenvalue weighted by Gasteiger charge is -2.09. The van der Waals surface area contributed by atoms with Gasteiger partial charge in [-0.1, -0.05) is 58.0 Å². The molecule has 0 aliphatic heterocycles. The zero-order valence-electron chi connectivity index (χ0n) is 15.6. The molecule has 0 aliphatic carbocycles. The monoisotopic (exact) mass is 497 g/mol. The molecule has 9 heteroatoms. The van der Waals surface area contributed by atoms with Gasteiger partial charge < -0.3 is 0 Å². The number of amides is 1. The molecule has 4 rings (SSSR count). The van der Waals surface area contributed by atoms with Crippen LogP contribution >= 0.6 is 39.0 Å². The van der Waals surface area contributed by atoms with Crippen LogP contribution in [0.2, 0.25) is 0 Å². The number of hydrogen-bond acceptors (Lipinski definition) is 6. The van der Waals surface area contributed by atoms with Gasteiger partial charge in [-0.25, -0.2) is 15.4 Å². The van der Waals surface area contributed by atoms with E-state index in [1.165, 1.54) is 23.1 Å². The lowest BCUT2D eigenvalue weighted by Crippen LogP contribution is -2.25. The number of hydrogen-bond donors (Lipinski definition) is 1. The van der Waals surface area contributed by atoms with Crippen molar-refractivity contribution in [3.8, 4) is 16.9 Å². The Balaban J connectivity index is 1.61. The summed E-state index contributed by atoms with van der Waals surface area (Å²) in [7, 11) is 0. The molecule has 0 fully saturated rings. The van der Waals surface area contributed by atoms with Crippen LogP contribution < -0.4 is 10.2 Å². The standard InChI is InChI=1S/C21H16BrN5OS2/c22-16-9-7-15(8-10-16)18-13-30-21(27(18)17-5-2-1-3-6-17)26-25-19(28)14-29-20-23-11-4-12-24-20/h1-13H,14H2,(H,25,28)/b26-21+. The number of nitrogens with zero attached hydrogens (tertiary/aromatic N) is 4. The van der Waals surface area contributed by atoms with Crippen LogP contribution in [0.4, 0.5) is 0 Å². The molecular weight excluding hydrogens is 482 g/mol. The van der Waals surface area contributed by atoms with Gasteiger partial charge in [0.2, 0.25) is 4.80 Å². The second kappa shape index (κ2) is 9.84. The number of carbonyl (C=O) groups is 1. The number of aromatic nitrogens is 3. The minimum absolute atomic E-state index is 0.184. The van der Waals surface area contributed by atoms with Gasteiger partial charge in [-0.3, -0.25) is 9.36 Å². The van der Waals surface area contributed by atoms with Crippen molar-refractivity contribution in [3.05, 3.63) is 87.7 Å². The fourth-order valence-corrected chi connectivity index (χ4v) is 4.40. The summed E-state index contributed by atoms with van der Waals surface area (Å²) in [5, 5.41) is 6.97. The Morgan fingerprint density at radius 1 is 1.07 bits per heavy atom. The van der Waals surface area contributed by atoms with Crippen molar-refractivity contribution in [2.45, 2.75) is 5.16 Å². The summed E-state index contributed by atoms with van der Waals surface area (Å²) in [5.41, 5.74) is 5.67. The number of benzene rings is 2. The maximum Gasteiger partial charge on any atom is 0.250 e. The first-order chi connectivity index (χ1) is 14.7. The molecule has 1 N–H and O–H groups in total. The molecule has 0 radical (unpaired) electrons. The van der Waals surface area contributed by atoms with E-state index < -0.39 is 0 Å². The normalized spacial score (nSPS) is 11.4. The van der Waals surface area contributed by atoms with Gasteiger partial charge in [-0.05, 0) is 35.9 Å². The SMILES string of the molecule is O=C(CSc1ncccn1)N/N=c1/scc(-c2ccc(Br)cc2)n1-c1ccccc1. The number of carbonyl (C=O) groups excluding carboxylic acids is 1. The van der Waals surface area contributed by atoms with E-state index in [9.17, 15) is 4.79 Å². The number of rotatable bonds is 6. The van der Waals surface area contributed by atoms with Gasteiger partial charge in [0, 0.05) is 27.9 Å². The molecule has 6 nitrogen and oxygen atoms in total. The molecule has 30 heavy (non-hydrogen) atoms. The van der Waals surface area contributed by atoms with Crippen molar-refractivity contribution >= 4 is 44.9 Å². The molecular formula is C21H16BrN5OS2. The molecule has 0 bridgehead atoms. The van der Waals surface area contributed by atoms with E-state index in [4.69, 9.17) is 0 Å². The van der Waals surface area contributed by atoms with E-state index in [2.05, 4.69) is 36.4 Å². The minimum atomic E-state index is -0.217. The van der Waals surface area contributed by atoms with Gasteiger partial charge in [0.25, 0.3) is 5.91 Å². The predicted molar refractivity (Wildman–Crippen MR) is 123 cm³/mol. The molecule has 0 spiro atoms. The van der Waals surface area contributed by atoms with E-state index in [0.29, 0.717) is 9.96 Å². The van der Waals surface area contributed by atoms with Crippen LogP contribution in [0.1, 0.15) is 0 Å². The van der Waals surface area contributed by atoms with Crippen LogP contribution in [0.25, 0.3) is 16.9 Å². The highest BCUT2D eigenvalue weighted by molar-refractivity contribution is 9.10. The first-order valence-electron chi connectivity index (χ1n) is 8.95. The molecule has 0 saturated heterocycles. The molecule has 150 valence electrons. The van der Waals surface area contributed by atoms with Crippen molar-refractivity contribution < 1.29 is 4.79 Å². The van der Waals surface area contributed by atoms with Crippen LogP contribution in [0.3, 0.4) is 0 Å². The largest absolute Gasteiger partial charge is 0.284 e. The third-order valence-corrected chi connectivity index (χ3v) is 6.24. The van der Waals surface area contributed by atoms with Crippen LogP contribution in [-0.4, -0.2) is 26.2 Å². The fourth-order valence-electron chi connectivity index (χ4n) is 2.67. The van der Waals surface area contributed by atoms with E-state index in [1.807, 2.05) is 64.5 Å². The van der Waals surface area contributed by atoms with Crippen molar-refractivity contribution in [3.63, 3.8) is 0 Å². The Hall–Kier alpha value is -2.75. The average Bonchev–Trinajstić information content (AvgIpc) is 3.22. The maximum absolute atomic E-state index is 12.3. The van der Waals surface area contributed by atoms with Gasteiger partial charge in [-0.15, -0.1) is 16.4 Å². The zero-order chi connectivity index (χ0) is 20.8. The summed E-state index contributed by atoms with van der Waals surface area (Å²) >= 11 is 6.21. The third-order valence-electron chi connectivity index (χ3n) is 4.01. The number of halogens is 1. The third kappa shape index (κ3) is 5.05. The molecule has 0 unspecified atom stereocenters. The molecule has 2 aromatic carbocycles. The first-order valence-corrected chi connectivity index (χ1v) is 11.6. The quantitative estimate of drug-likeness (QED) is 0.242. The van der Waals surface area contributed by atoms with E-state index >= 15 is 0 Å². The Labute approximate surface area is 189 Å². The van der Waals surface area contributed by atoms with Crippen LogP contribution in [0.5, 0.6) is 0 Å². The Morgan fingerprint density at radius 2 is 1.80 bits per heavy atom. The zero-order valence-corrected chi connectivity index (χ0v) is 18.8. The summed E-state index contributed by atoms with van der Waals surface area (Å²) in [6.45, 7) is 0. The second-order valence-electron chi connectivity index (χ2n) is 6.05. The molecule has 2 heterocycles. The summed E-state index contributed by atoms with van der Waals surface area (Å²) in [5.74, 6) is -0.0327. The van der Waals surface area contributed by atoms with E-state index in [-0.39, 0.29) is 11.7 Å². The molecule has 4 aromatic rings. The minimum Gasteiger partial charge on any atom is -0.284 e. The fraction of sp³-hybridized carbons (Fsp3) is 0.0476. The number of para-hydroxylation sites is 1. The van der Waals surface area contributed by atoms with Crippen LogP contribution in [-0.2, 0) is 4.79 Å². The highest BCUT2D eigenvalue weighted by atomic mass is 79.9. The molecule has 2 aromatic heterocycles. The highest BCUT2D eigenvalue weighted by Crippen LogP contribution is 2.25. The van der Waals surface area contributed by atoms with Gasteiger partial charge in [0.05, 0.1) is 11.4 Å². The summed E-state index contributed by atoms with van der Waals surface area (Å²) in [4.78, 5) is 21.1. The number of thiazole rings is 1. The van der Waals surface area contributed by atoms with Gasteiger partial charge in [0.1, 0.15) is 0 Å². The highest BCUT2D eigenvalue weighted by Gasteiger charge is 2.11. The van der Waals surface area contributed by atoms with Crippen LogP contribution in [0, 0.1) is 0 Å². The summed E-state index contributed by atoms with van der Waals surface area (Å²) < 4.78 is 3.05. The summed E-state index contributed by atoms with van der Waals surface area (Å²) in [6.07, 6.45) is 3.30. The predicted octanol–water partition coefficient (Wildman–Crippen LogP) is 4.48. The topological polar surface area (TPSA) is 72.2 Å². The van der Waals surface area contributed by atoms with Crippen molar-refractivity contribution in [2.75, 3.05) is 5.75 Å². The lowest BCUT2D eigenvalue weighted by atomic mass is 10.1.